The lowest BCUT2D eigenvalue weighted by Gasteiger charge is -2.09. The Balaban J connectivity index is 1.77. The zero-order chi connectivity index (χ0) is 16.0. The quantitative estimate of drug-likeness (QED) is 0.593. The Hall–Kier alpha value is -2.53. The molecule has 0 spiro atoms. The van der Waals surface area contributed by atoms with Crippen molar-refractivity contribution in [2.24, 2.45) is 16.0 Å². The standard InChI is InChI=1S/C14H18N6O2/c1-2-3-5-14(19-20-14)6-4-12(21)16-9-11-17-10(8-15)7-13(22)18-11/h1,7H,3-6,8-9,15H2,(H,16,21)(H,17,18,22). The van der Waals surface area contributed by atoms with Gasteiger partial charge in [0.15, 0.2) is 5.66 Å². The maximum absolute atomic E-state index is 11.8. The molecule has 0 aromatic carbocycles. The predicted octanol–water partition coefficient (Wildman–Crippen LogP) is 0.201. The van der Waals surface area contributed by atoms with Crippen LogP contribution in [0.4, 0.5) is 0 Å². The predicted molar refractivity (Wildman–Crippen MR) is 79.5 cm³/mol. The Labute approximate surface area is 127 Å². The van der Waals surface area contributed by atoms with Gasteiger partial charge < -0.3 is 16.0 Å². The smallest absolute Gasteiger partial charge is 0.251 e. The number of amides is 1. The first kappa shape index (κ1) is 15.9. The molecule has 0 radical (unpaired) electrons. The summed E-state index contributed by atoms with van der Waals surface area (Å²) in [7, 11) is 0. The van der Waals surface area contributed by atoms with Crippen LogP contribution in [0.5, 0.6) is 0 Å². The summed E-state index contributed by atoms with van der Waals surface area (Å²) in [6, 6.07) is 1.33. The molecule has 2 heterocycles. The van der Waals surface area contributed by atoms with Crippen molar-refractivity contribution in [3.63, 3.8) is 0 Å². The van der Waals surface area contributed by atoms with E-state index in [1.807, 2.05) is 0 Å². The first-order valence-electron chi connectivity index (χ1n) is 7.00. The lowest BCUT2D eigenvalue weighted by Crippen LogP contribution is -2.27. The number of nitrogens with two attached hydrogens (primary N) is 1. The van der Waals surface area contributed by atoms with Crippen LogP contribution in [0.3, 0.4) is 0 Å². The van der Waals surface area contributed by atoms with Gasteiger partial charge in [0, 0.05) is 38.3 Å². The highest BCUT2D eigenvalue weighted by Gasteiger charge is 2.39. The summed E-state index contributed by atoms with van der Waals surface area (Å²) in [6.07, 6.45) is 7.29. The van der Waals surface area contributed by atoms with Crippen molar-refractivity contribution >= 4 is 5.91 Å². The highest BCUT2D eigenvalue weighted by Crippen LogP contribution is 2.37. The monoisotopic (exact) mass is 302 g/mol. The van der Waals surface area contributed by atoms with Crippen molar-refractivity contribution in [1.29, 1.82) is 0 Å². The van der Waals surface area contributed by atoms with Gasteiger partial charge in [-0.25, -0.2) is 4.98 Å². The summed E-state index contributed by atoms with van der Waals surface area (Å²) >= 11 is 0. The minimum absolute atomic E-state index is 0.146. The van der Waals surface area contributed by atoms with Crippen LogP contribution in [0.2, 0.25) is 0 Å². The van der Waals surface area contributed by atoms with Crippen molar-refractivity contribution in [2.45, 2.75) is 44.4 Å². The van der Waals surface area contributed by atoms with Crippen LogP contribution in [-0.2, 0) is 17.9 Å². The van der Waals surface area contributed by atoms with E-state index < -0.39 is 5.66 Å². The molecule has 8 nitrogen and oxygen atoms in total. The fraction of sp³-hybridized carbons (Fsp3) is 0.500. The average molecular weight is 302 g/mol. The molecule has 0 aliphatic carbocycles. The zero-order valence-electron chi connectivity index (χ0n) is 12.1. The molecule has 0 bridgehead atoms. The van der Waals surface area contributed by atoms with Crippen LogP contribution in [0.25, 0.3) is 0 Å². The molecular weight excluding hydrogens is 284 g/mol. The Kier molecular flexibility index (Phi) is 5.01. The molecule has 1 aliphatic heterocycles. The van der Waals surface area contributed by atoms with Crippen LogP contribution < -0.4 is 16.6 Å². The molecule has 0 unspecified atom stereocenters. The second-order valence-electron chi connectivity index (χ2n) is 5.05. The van der Waals surface area contributed by atoms with Crippen LogP contribution in [0.1, 0.15) is 37.2 Å². The lowest BCUT2D eigenvalue weighted by molar-refractivity contribution is -0.121. The molecule has 0 saturated carbocycles. The van der Waals surface area contributed by atoms with Gasteiger partial charge in [0.25, 0.3) is 5.56 Å². The number of H-pyrrole nitrogens is 1. The topological polar surface area (TPSA) is 126 Å². The minimum atomic E-state index is -0.463. The first-order chi connectivity index (χ1) is 10.6. The van der Waals surface area contributed by atoms with E-state index in [-0.39, 0.29) is 24.6 Å². The maximum atomic E-state index is 11.8. The van der Waals surface area contributed by atoms with Crippen molar-refractivity contribution in [2.75, 3.05) is 0 Å². The number of carbonyl (C=O) groups excluding carboxylic acids is 1. The first-order valence-corrected chi connectivity index (χ1v) is 7.00. The van der Waals surface area contributed by atoms with E-state index in [0.29, 0.717) is 37.2 Å². The van der Waals surface area contributed by atoms with Crippen molar-refractivity contribution in [1.82, 2.24) is 15.3 Å². The number of aromatic nitrogens is 2. The number of rotatable bonds is 8. The normalized spacial score (nSPS) is 14.4. The average Bonchev–Trinajstić information content (AvgIpc) is 3.29. The van der Waals surface area contributed by atoms with Gasteiger partial charge in [-0.15, -0.1) is 12.3 Å². The number of nitrogens with one attached hydrogen (secondary N) is 2. The van der Waals surface area contributed by atoms with Crippen LogP contribution in [0, 0.1) is 12.3 Å². The summed E-state index contributed by atoms with van der Waals surface area (Å²) < 4.78 is 0. The second kappa shape index (κ2) is 6.95. The highest BCUT2D eigenvalue weighted by atomic mass is 16.1. The molecule has 0 fully saturated rings. The molecule has 22 heavy (non-hydrogen) atoms. The summed E-state index contributed by atoms with van der Waals surface area (Å²) in [5, 5.41) is 10.6. The molecule has 1 aromatic rings. The molecule has 0 saturated heterocycles. The van der Waals surface area contributed by atoms with Crippen molar-refractivity contribution in [3.8, 4) is 12.3 Å². The summed E-state index contributed by atoms with van der Waals surface area (Å²) in [4.78, 5) is 29.9. The molecule has 1 aliphatic rings. The molecule has 116 valence electrons. The zero-order valence-corrected chi connectivity index (χ0v) is 12.1. The van der Waals surface area contributed by atoms with Gasteiger partial charge in [-0.3, -0.25) is 9.59 Å². The fourth-order valence-corrected chi connectivity index (χ4v) is 2.00. The van der Waals surface area contributed by atoms with Crippen LogP contribution >= 0.6 is 0 Å². The number of aromatic amines is 1. The minimum Gasteiger partial charge on any atom is -0.349 e. The number of hydrogen-bond donors (Lipinski definition) is 3. The lowest BCUT2D eigenvalue weighted by atomic mass is 10.0. The van der Waals surface area contributed by atoms with Crippen molar-refractivity contribution in [3.05, 3.63) is 27.9 Å². The number of carbonyl (C=O) groups is 1. The molecule has 4 N–H and O–H groups in total. The third-order valence-corrected chi connectivity index (χ3v) is 3.31. The van der Waals surface area contributed by atoms with Gasteiger partial charge in [-0.05, 0) is 0 Å². The number of nitrogens with zero attached hydrogens (tertiary/aromatic N) is 3. The van der Waals surface area contributed by atoms with Gasteiger partial charge in [0.05, 0.1) is 12.2 Å². The van der Waals surface area contributed by atoms with Crippen LogP contribution in [-0.4, -0.2) is 21.5 Å². The molecule has 0 atom stereocenters. The molecular formula is C14H18N6O2. The van der Waals surface area contributed by atoms with E-state index in [4.69, 9.17) is 12.2 Å². The van der Waals surface area contributed by atoms with Gasteiger partial charge in [0.1, 0.15) is 5.82 Å². The number of terminal acetylenes is 1. The third kappa shape index (κ3) is 4.49. The molecule has 1 aromatic heterocycles. The Bertz CT molecular complexity index is 667. The largest absolute Gasteiger partial charge is 0.349 e. The van der Waals surface area contributed by atoms with E-state index in [1.54, 1.807) is 0 Å². The van der Waals surface area contributed by atoms with E-state index in [1.165, 1.54) is 6.07 Å². The SMILES string of the molecule is C#CCCC1(CCC(=O)NCc2nc(CN)cc(=O)[nH]2)N=N1. The van der Waals surface area contributed by atoms with E-state index >= 15 is 0 Å². The molecule has 2 rings (SSSR count). The third-order valence-electron chi connectivity index (χ3n) is 3.31. The summed E-state index contributed by atoms with van der Waals surface area (Å²) in [5.74, 6) is 2.77. The van der Waals surface area contributed by atoms with Crippen molar-refractivity contribution < 1.29 is 4.79 Å². The van der Waals surface area contributed by atoms with Gasteiger partial charge >= 0.3 is 0 Å². The van der Waals surface area contributed by atoms with E-state index in [0.717, 1.165) is 0 Å². The molecule has 8 heteroatoms. The Morgan fingerprint density at radius 2 is 2.23 bits per heavy atom. The number of hydrogen-bond acceptors (Lipinski definition) is 6. The van der Waals surface area contributed by atoms with Gasteiger partial charge in [-0.2, -0.15) is 10.2 Å². The molecule has 1 amide bonds. The van der Waals surface area contributed by atoms with E-state index in [9.17, 15) is 9.59 Å². The Morgan fingerprint density at radius 3 is 2.86 bits per heavy atom. The highest BCUT2D eigenvalue weighted by molar-refractivity contribution is 5.75. The summed E-state index contributed by atoms with van der Waals surface area (Å²) in [6.45, 7) is 0.319. The second-order valence-corrected chi connectivity index (χ2v) is 5.05. The van der Waals surface area contributed by atoms with Crippen LogP contribution in [0.15, 0.2) is 21.1 Å². The van der Waals surface area contributed by atoms with Gasteiger partial charge in [-0.1, -0.05) is 0 Å². The Morgan fingerprint density at radius 1 is 1.45 bits per heavy atom. The fourth-order valence-electron chi connectivity index (χ4n) is 2.00. The van der Waals surface area contributed by atoms with E-state index in [2.05, 4.69) is 31.4 Å². The summed E-state index contributed by atoms with van der Waals surface area (Å²) in [5.41, 5.74) is 5.18. The maximum Gasteiger partial charge on any atom is 0.251 e. The van der Waals surface area contributed by atoms with Gasteiger partial charge in [0.2, 0.25) is 5.91 Å².